The van der Waals surface area contributed by atoms with Gasteiger partial charge in [0.1, 0.15) is 5.75 Å². The van der Waals surface area contributed by atoms with E-state index >= 15 is 0 Å². The summed E-state index contributed by atoms with van der Waals surface area (Å²) in [4.78, 5) is 11.9. The molecule has 1 aromatic heterocycles. The smallest absolute Gasteiger partial charge is 0.230 e. The van der Waals surface area contributed by atoms with Crippen molar-refractivity contribution in [3.8, 4) is 5.75 Å². The summed E-state index contributed by atoms with van der Waals surface area (Å²) in [6.07, 6.45) is 0. The zero-order chi connectivity index (χ0) is 18.2. The van der Waals surface area contributed by atoms with Crippen LogP contribution in [0.2, 0.25) is 0 Å². The van der Waals surface area contributed by atoms with Crippen LogP contribution in [0.25, 0.3) is 0 Å². The average molecular weight is 381 g/mol. The number of hydrogen-bond donors (Lipinski definition) is 2. The highest BCUT2D eigenvalue weighted by Crippen LogP contribution is 2.25. The summed E-state index contributed by atoms with van der Waals surface area (Å²) in [6.45, 7) is 6.85. The minimum absolute atomic E-state index is 0.0224. The first-order chi connectivity index (χ1) is 12.0. The van der Waals surface area contributed by atoms with E-state index in [1.54, 1.807) is 7.11 Å². The number of rotatable bonds is 9. The van der Waals surface area contributed by atoms with Crippen molar-refractivity contribution in [1.82, 2.24) is 15.5 Å². The van der Waals surface area contributed by atoms with Crippen molar-refractivity contribution in [2.45, 2.75) is 37.7 Å². The summed E-state index contributed by atoms with van der Waals surface area (Å²) in [7, 11) is 1.65. The minimum Gasteiger partial charge on any atom is -0.497 e. The summed E-state index contributed by atoms with van der Waals surface area (Å²) in [6, 6.07) is 8.03. The molecule has 0 saturated heterocycles. The Labute approximate surface area is 156 Å². The molecular formula is C17H24N4O2S2. The van der Waals surface area contributed by atoms with Crippen LogP contribution in [0, 0.1) is 5.92 Å². The highest BCUT2D eigenvalue weighted by Gasteiger charge is 2.12. The zero-order valence-electron chi connectivity index (χ0n) is 14.9. The number of benzene rings is 1. The molecule has 1 heterocycles. The van der Waals surface area contributed by atoms with E-state index in [9.17, 15) is 4.79 Å². The van der Waals surface area contributed by atoms with Gasteiger partial charge in [-0.25, -0.2) is 0 Å². The maximum atomic E-state index is 11.9. The lowest BCUT2D eigenvalue weighted by atomic mass is 10.1. The van der Waals surface area contributed by atoms with E-state index in [1.165, 1.54) is 23.1 Å². The molecule has 0 fully saturated rings. The molecule has 0 aliphatic heterocycles. The van der Waals surface area contributed by atoms with Gasteiger partial charge in [0.2, 0.25) is 11.0 Å². The number of anilines is 1. The largest absolute Gasteiger partial charge is 0.497 e. The van der Waals surface area contributed by atoms with Crippen molar-refractivity contribution >= 4 is 34.1 Å². The molecule has 8 heteroatoms. The first-order valence-electron chi connectivity index (χ1n) is 8.10. The fraction of sp³-hybridized carbons (Fsp3) is 0.471. The predicted octanol–water partition coefficient (Wildman–Crippen LogP) is 3.41. The molecule has 136 valence electrons. The molecule has 2 aromatic rings. The predicted molar refractivity (Wildman–Crippen MR) is 103 cm³/mol. The number of nitrogens with one attached hydrogen (secondary N) is 2. The summed E-state index contributed by atoms with van der Waals surface area (Å²) in [5.41, 5.74) is 1.13. The minimum atomic E-state index is 0.0224. The lowest BCUT2D eigenvalue weighted by molar-refractivity contribution is -0.119. The van der Waals surface area contributed by atoms with E-state index < -0.39 is 0 Å². The highest BCUT2D eigenvalue weighted by atomic mass is 32.2. The van der Waals surface area contributed by atoms with E-state index in [0.717, 1.165) is 20.8 Å². The molecule has 2 N–H and O–H groups in total. The second kappa shape index (κ2) is 9.62. The third kappa shape index (κ3) is 6.55. The number of thioether (sulfide) groups is 1. The number of ether oxygens (including phenoxy) is 1. The second-order valence-corrected chi connectivity index (χ2v) is 8.16. The lowest BCUT2D eigenvalue weighted by Gasteiger charge is -2.16. The van der Waals surface area contributed by atoms with Gasteiger partial charge in [0, 0.05) is 12.6 Å². The number of carbonyl (C=O) groups excluding carboxylic acids is 1. The van der Waals surface area contributed by atoms with Gasteiger partial charge in [0.15, 0.2) is 4.34 Å². The van der Waals surface area contributed by atoms with Crippen LogP contribution in [-0.2, 0) is 11.3 Å². The third-order valence-corrected chi connectivity index (χ3v) is 5.74. The van der Waals surface area contributed by atoms with Crippen LogP contribution in [-0.4, -0.2) is 35.0 Å². The van der Waals surface area contributed by atoms with Gasteiger partial charge < -0.3 is 15.4 Å². The number of carbonyl (C=O) groups is 1. The number of hydrogen-bond acceptors (Lipinski definition) is 7. The molecule has 1 amide bonds. The van der Waals surface area contributed by atoms with Crippen LogP contribution < -0.4 is 15.4 Å². The summed E-state index contributed by atoms with van der Waals surface area (Å²) in [5.74, 6) is 1.63. The Morgan fingerprint density at radius 1 is 1.24 bits per heavy atom. The highest BCUT2D eigenvalue weighted by molar-refractivity contribution is 8.01. The topological polar surface area (TPSA) is 76.1 Å². The van der Waals surface area contributed by atoms with Gasteiger partial charge >= 0.3 is 0 Å². The summed E-state index contributed by atoms with van der Waals surface area (Å²) in [5, 5.41) is 15.2. The van der Waals surface area contributed by atoms with Crippen LogP contribution in [0.3, 0.4) is 0 Å². The summed E-state index contributed by atoms with van der Waals surface area (Å²) >= 11 is 2.86. The van der Waals surface area contributed by atoms with Crippen LogP contribution >= 0.6 is 23.1 Å². The molecule has 0 spiro atoms. The Hall–Kier alpha value is -1.80. The van der Waals surface area contributed by atoms with Crippen LogP contribution in [0.4, 0.5) is 5.13 Å². The Balaban J connectivity index is 1.76. The number of aromatic nitrogens is 2. The first kappa shape index (κ1) is 19.5. The molecule has 0 unspecified atom stereocenters. The molecule has 1 atom stereocenters. The van der Waals surface area contributed by atoms with Crippen molar-refractivity contribution in [1.29, 1.82) is 0 Å². The molecule has 0 aliphatic carbocycles. The van der Waals surface area contributed by atoms with Gasteiger partial charge in [-0.05, 0) is 30.5 Å². The normalized spacial score (nSPS) is 12.0. The second-order valence-electron chi connectivity index (χ2n) is 5.96. The molecule has 25 heavy (non-hydrogen) atoms. The van der Waals surface area contributed by atoms with Gasteiger partial charge in [-0.1, -0.05) is 49.1 Å². The van der Waals surface area contributed by atoms with Gasteiger partial charge in [0.25, 0.3) is 0 Å². The van der Waals surface area contributed by atoms with E-state index in [-0.39, 0.29) is 11.9 Å². The Bertz CT molecular complexity index is 674. The van der Waals surface area contributed by atoms with Gasteiger partial charge in [-0.3, -0.25) is 4.79 Å². The number of amides is 1. The fourth-order valence-electron chi connectivity index (χ4n) is 1.85. The van der Waals surface area contributed by atoms with E-state index in [2.05, 4.69) is 34.7 Å². The number of methoxy groups -OCH3 is 1. The van der Waals surface area contributed by atoms with Crippen molar-refractivity contribution < 1.29 is 9.53 Å². The lowest BCUT2D eigenvalue weighted by Crippen LogP contribution is -2.37. The van der Waals surface area contributed by atoms with Crippen LogP contribution in [0.15, 0.2) is 28.6 Å². The molecule has 0 bridgehead atoms. The van der Waals surface area contributed by atoms with Gasteiger partial charge in [0.05, 0.1) is 12.9 Å². The van der Waals surface area contributed by atoms with Gasteiger partial charge in [-0.15, -0.1) is 10.2 Å². The molecule has 2 rings (SSSR count). The van der Waals surface area contributed by atoms with Crippen molar-refractivity contribution in [2.24, 2.45) is 5.92 Å². The SMILES string of the molecule is COc1ccc(CNc2nnc(SCC(=O)N[C@H](C)C(C)C)s2)cc1. The van der Waals surface area contributed by atoms with E-state index in [4.69, 9.17) is 4.74 Å². The molecule has 1 aromatic carbocycles. The zero-order valence-corrected chi connectivity index (χ0v) is 16.5. The molecule has 6 nitrogen and oxygen atoms in total. The third-order valence-electron chi connectivity index (χ3n) is 3.72. The standard InChI is InChI=1S/C17H24N4O2S2/c1-11(2)12(3)19-15(22)10-24-17-21-20-16(25-17)18-9-13-5-7-14(23-4)8-6-13/h5-8,11-12H,9-10H2,1-4H3,(H,18,20)(H,19,22)/t12-/m1/s1. The monoisotopic (exact) mass is 380 g/mol. The van der Waals surface area contributed by atoms with Crippen molar-refractivity contribution in [3.05, 3.63) is 29.8 Å². The quantitative estimate of drug-likeness (QED) is 0.649. The fourth-order valence-corrected chi connectivity index (χ4v) is 3.41. The van der Waals surface area contributed by atoms with Crippen molar-refractivity contribution in [3.63, 3.8) is 0 Å². The molecule has 0 aliphatic rings. The molecular weight excluding hydrogens is 356 g/mol. The Morgan fingerprint density at radius 3 is 2.60 bits per heavy atom. The Morgan fingerprint density at radius 2 is 1.96 bits per heavy atom. The first-order valence-corrected chi connectivity index (χ1v) is 9.90. The molecule has 0 radical (unpaired) electrons. The maximum Gasteiger partial charge on any atom is 0.230 e. The van der Waals surface area contributed by atoms with E-state index in [0.29, 0.717) is 18.2 Å². The van der Waals surface area contributed by atoms with Crippen LogP contribution in [0.5, 0.6) is 5.75 Å². The van der Waals surface area contributed by atoms with Gasteiger partial charge in [-0.2, -0.15) is 0 Å². The maximum absolute atomic E-state index is 11.9. The van der Waals surface area contributed by atoms with Crippen molar-refractivity contribution in [2.75, 3.05) is 18.2 Å². The molecule has 0 saturated carbocycles. The van der Waals surface area contributed by atoms with E-state index in [1.807, 2.05) is 31.2 Å². The Kier molecular flexibility index (Phi) is 7.52. The van der Waals surface area contributed by atoms with Crippen LogP contribution in [0.1, 0.15) is 26.3 Å². The average Bonchev–Trinajstić information content (AvgIpc) is 3.06. The summed E-state index contributed by atoms with van der Waals surface area (Å²) < 4.78 is 5.92. The number of nitrogens with zero attached hydrogens (tertiary/aromatic N) is 2.